The molecule has 1 N–H and O–H groups in total. The van der Waals surface area contributed by atoms with Gasteiger partial charge in [0.15, 0.2) is 0 Å². The number of pyridine rings is 2. The number of ether oxygens (including phenoxy) is 1. The van der Waals surface area contributed by atoms with E-state index in [2.05, 4.69) is 9.97 Å². The molecule has 0 saturated heterocycles. The second-order valence-electron chi connectivity index (χ2n) is 4.37. The Kier molecular flexibility index (Phi) is 7.04. The maximum Gasteiger partial charge on any atom is 0.339 e. The molecular weight excluding hydrogens is 268 g/mol. The fourth-order valence-corrected chi connectivity index (χ4v) is 1.39. The van der Waals surface area contributed by atoms with Gasteiger partial charge in [0.2, 0.25) is 0 Å². The van der Waals surface area contributed by atoms with E-state index in [0.29, 0.717) is 12.2 Å². The average Bonchev–Trinajstić information content (AvgIpc) is 2.50. The number of hydrogen-bond acceptors (Lipinski definition) is 5. The number of aliphatic hydroxyl groups is 1. The van der Waals surface area contributed by atoms with E-state index in [-0.39, 0.29) is 12.6 Å². The molecule has 0 fully saturated rings. The summed E-state index contributed by atoms with van der Waals surface area (Å²) in [5, 5.41) is 8.59. The highest BCUT2D eigenvalue weighted by molar-refractivity contribution is 5.88. The lowest BCUT2D eigenvalue weighted by atomic mass is 10.2. The number of aliphatic hydroxyl groups excluding tert-OH is 1. The molecule has 2 rings (SSSR count). The van der Waals surface area contributed by atoms with Crippen molar-refractivity contribution in [3.8, 4) is 0 Å². The van der Waals surface area contributed by atoms with Crippen molar-refractivity contribution < 1.29 is 14.6 Å². The fourth-order valence-electron chi connectivity index (χ4n) is 1.39. The zero-order valence-corrected chi connectivity index (χ0v) is 12.5. The second-order valence-corrected chi connectivity index (χ2v) is 4.37. The highest BCUT2D eigenvalue weighted by Crippen LogP contribution is 2.01. The normalized spacial score (nSPS) is 9.52. The summed E-state index contributed by atoms with van der Waals surface area (Å²) in [6.45, 7) is 6.04. The SMILES string of the molecule is CCOC(=O)c1ccc(C)nc1.Cc1ccc(CO)cn1. The molecule has 2 aromatic heterocycles. The molecule has 0 amide bonds. The maximum atomic E-state index is 11.1. The summed E-state index contributed by atoms with van der Waals surface area (Å²) < 4.78 is 4.79. The number of carbonyl (C=O) groups excluding carboxylic acids is 1. The van der Waals surface area contributed by atoms with Crippen LogP contribution in [0.4, 0.5) is 0 Å². The van der Waals surface area contributed by atoms with E-state index in [9.17, 15) is 4.79 Å². The molecule has 0 aliphatic rings. The Bertz CT molecular complexity index is 551. The van der Waals surface area contributed by atoms with Crippen LogP contribution < -0.4 is 0 Å². The van der Waals surface area contributed by atoms with Gasteiger partial charge >= 0.3 is 5.97 Å². The van der Waals surface area contributed by atoms with Crippen LogP contribution in [0.2, 0.25) is 0 Å². The van der Waals surface area contributed by atoms with E-state index in [0.717, 1.165) is 17.0 Å². The topological polar surface area (TPSA) is 72.3 Å². The lowest BCUT2D eigenvalue weighted by Crippen LogP contribution is -2.04. The largest absolute Gasteiger partial charge is 0.462 e. The number of hydrogen-bond donors (Lipinski definition) is 1. The van der Waals surface area contributed by atoms with Gasteiger partial charge in [-0.2, -0.15) is 0 Å². The predicted molar refractivity (Wildman–Crippen MR) is 79.8 cm³/mol. The molecule has 2 aromatic rings. The molecule has 112 valence electrons. The van der Waals surface area contributed by atoms with Gasteiger partial charge in [-0.15, -0.1) is 0 Å². The van der Waals surface area contributed by atoms with Crippen LogP contribution >= 0.6 is 0 Å². The molecule has 5 heteroatoms. The van der Waals surface area contributed by atoms with Crippen LogP contribution in [-0.4, -0.2) is 27.7 Å². The van der Waals surface area contributed by atoms with Gasteiger partial charge in [-0.25, -0.2) is 4.79 Å². The van der Waals surface area contributed by atoms with Gasteiger partial charge in [0, 0.05) is 23.8 Å². The third-order valence-corrected chi connectivity index (χ3v) is 2.58. The van der Waals surface area contributed by atoms with Crippen molar-refractivity contribution >= 4 is 5.97 Å². The summed E-state index contributed by atoms with van der Waals surface area (Å²) in [6.07, 6.45) is 3.20. The number of aryl methyl sites for hydroxylation is 2. The van der Waals surface area contributed by atoms with E-state index in [1.807, 2.05) is 26.0 Å². The van der Waals surface area contributed by atoms with E-state index in [1.165, 1.54) is 6.20 Å². The molecule has 21 heavy (non-hydrogen) atoms. The minimum Gasteiger partial charge on any atom is -0.462 e. The number of nitrogens with zero attached hydrogens (tertiary/aromatic N) is 2. The Morgan fingerprint density at radius 2 is 1.71 bits per heavy atom. The summed E-state index contributed by atoms with van der Waals surface area (Å²) >= 11 is 0. The van der Waals surface area contributed by atoms with Gasteiger partial charge in [0.1, 0.15) is 0 Å². The van der Waals surface area contributed by atoms with Crippen molar-refractivity contribution in [2.24, 2.45) is 0 Å². The fraction of sp³-hybridized carbons (Fsp3) is 0.312. The molecule has 0 radical (unpaired) electrons. The van der Waals surface area contributed by atoms with Crippen LogP contribution in [0.1, 0.15) is 34.2 Å². The Hall–Kier alpha value is -2.27. The first kappa shape index (κ1) is 16.8. The zero-order valence-electron chi connectivity index (χ0n) is 12.5. The maximum absolute atomic E-state index is 11.1. The second kappa shape index (κ2) is 8.81. The summed E-state index contributed by atoms with van der Waals surface area (Å²) in [5.74, 6) is -0.315. The molecule has 0 aromatic carbocycles. The van der Waals surface area contributed by atoms with Crippen molar-refractivity contribution in [2.45, 2.75) is 27.4 Å². The van der Waals surface area contributed by atoms with Crippen LogP contribution in [-0.2, 0) is 11.3 Å². The first-order chi connectivity index (χ1) is 10.1. The third-order valence-electron chi connectivity index (χ3n) is 2.58. The Morgan fingerprint density at radius 1 is 1.10 bits per heavy atom. The Balaban J connectivity index is 0.000000219. The molecular formula is C16H20N2O3. The molecule has 0 aliphatic heterocycles. The highest BCUT2D eigenvalue weighted by Gasteiger charge is 2.04. The number of aromatic nitrogens is 2. The Morgan fingerprint density at radius 3 is 2.14 bits per heavy atom. The smallest absolute Gasteiger partial charge is 0.339 e. The molecule has 0 atom stereocenters. The third kappa shape index (κ3) is 6.14. The summed E-state index contributed by atoms with van der Waals surface area (Å²) in [7, 11) is 0. The van der Waals surface area contributed by atoms with Crippen molar-refractivity contribution in [1.82, 2.24) is 9.97 Å². The summed E-state index contributed by atoms with van der Waals surface area (Å²) in [4.78, 5) is 19.1. The van der Waals surface area contributed by atoms with E-state index in [1.54, 1.807) is 25.3 Å². The van der Waals surface area contributed by atoms with E-state index < -0.39 is 0 Å². The quantitative estimate of drug-likeness (QED) is 0.878. The minimum atomic E-state index is -0.315. The van der Waals surface area contributed by atoms with Gasteiger partial charge < -0.3 is 9.84 Å². The van der Waals surface area contributed by atoms with Crippen LogP contribution in [0.25, 0.3) is 0 Å². The van der Waals surface area contributed by atoms with Crippen LogP contribution in [0, 0.1) is 13.8 Å². The first-order valence-corrected chi connectivity index (χ1v) is 6.69. The monoisotopic (exact) mass is 288 g/mol. The summed E-state index contributed by atoms with van der Waals surface area (Å²) in [6, 6.07) is 7.24. The van der Waals surface area contributed by atoms with Gasteiger partial charge in [0.25, 0.3) is 0 Å². The van der Waals surface area contributed by atoms with Gasteiger partial charge in [-0.05, 0) is 44.5 Å². The van der Waals surface area contributed by atoms with Crippen molar-refractivity contribution in [2.75, 3.05) is 6.61 Å². The first-order valence-electron chi connectivity index (χ1n) is 6.69. The highest BCUT2D eigenvalue weighted by atomic mass is 16.5. The van der Waals surface area contributed by atoms with Crippen molar-refractivity contribution in [3.63, 3.8) is 0 Å². The molecule has 0 spiro atoms. The van der Waals surface area contributed by atoms with Crippen LogP contribution in [0.15, 0.2) is 36.7 Å². The summed E-state index contributed by atoms with van der Waals surface area (Å²) in [5.41, 5.74) is 3.23. The van der Waals surface area contributed by atoms with Gasteiger partial charge in [0.05, 0.1) is 18.8 Å². The average molecular weight is 288 g/mol. The lowest BCUT2D eigenvalue weighted by Gasteiger charge is -2.00. The number of rotatable bonds is 3. The molecule has 2 heterocycles. The molecule has 0 bridgehead atoms. The molecule has 0 aliphatic carbocycles. The van der Waals surface area contributed by atoms with Crippen LogP contribution in [0.5, 0.6) is 0 Å². The lowest BCUT2D eigenvalue weighted by molar-refractivity contribution is 0.0526. The minimum absolute atomic E-state index is 0.0767. The molecule has 0 unspecified atom stereocenters. The van der Waals surface area contributed by atoms with Crippen molar-refractivity contribution in [1.29, 1.82) is 0 Å². The van der Waals surface area contributed by atoms with Crippen molar-refractivity contribution in [3.05, 3.63) is 59.2 Å². The van der Waals surface area contributed by atoms with Gasteiger partial charge in [-0.3, -0.25) is 9.97 Å². The number of esters is 1. The predicted octanol–water partition coefficient (Wildman–Crippen LogP) is 2.45. The van der Waals surface area contributed by atoms with Crippen LogP contribution in [0.3, 0.4) is 0 Å². The number of carbonyl (C=O) groups is 1. The molecule has 0 saturated carbocycles. The molecule has 5 nitrogen and oxygen atoms in total. The van der Waals surface area contributed by atoms with E-state index >= 15 is 0 Å². The zero-order chi connectivity index (χ0) is 15.7. The van der Waals surface area contributed by atoms with Gasteiger partial charge in [-0.1, -0.05) is 6.07 Å². The standard InChI is InChI=1S/C9H11NO2.C7H9NO/c1-3-12-9(11)8-5-4-7(2)10-6-8;1-6-2-3-7(5-9)4-8-6/h4-6H,3H2,1-2H3;2-4,9H,5H2,1H3. The van der Waals surface area contributed by atoms with E-state index in [4.69, 9.17) is 9.84 Å². The Labute approximate surface area is 124 Å².